The number of nitrogens with two attached hydrogens (primary N) is 1. The van der Waals surface area contributed by atoms with Gasteiger partial charge in [-0.05, 0) is 35.9 Å². The third-order valence-corrected chi connectivity index (χ3v) is 2.98. The molecular formula is C16H17NO4. The molecule has 21 heavy (non-hydrogen) atoms. The van der Waals surface area contributed by atoms with E-state index in [9.17, 15) is 4.79 Å². The molecule has 2 aromatic carbocycles. The van der Waals surface area contributed by atoms with E-state index < -0.39 is 5.97 Å². The van der Waals surface area contributed by atoms with Crippen LogP contribution in [0.4, 0.5) is 5.69 Å². The molecule has 0 aliphatic rings. The van der Waals surface area contributed by atoms with Crippen molar-refractivity contribution in [2.75, 3.05) is 20.0 Å². The first kappa shape index (κ1) is 14.7. The van der Waals surface area contributed by atoms with Crippen LogP contribution in [0.5, 0.6) is 11.5 Å². The number of esters is 1. The minimum absolute atomic E-state index is 0.146. The van der Waals surface area contributed by atoms with E-state index in [-0.39, 0.29) is 12.2 Å². The lowest BCUT2D eigenvalue weighted by molar-refractivity contribution is 0.0473. The molecule has 110 valence electrons. The van der Waals surface area contributed by atoms with Crippen LogP contribution in [0.3, 0.4) is 0 Å². The third kappa shape index (κ3) is 3.66. The fourth-order valence-corrected chi connectivity index (χ4v) is 1.83. The van der Waals surface area contributed by atoms with Gasteiger partial charge in [-0.1, -0.05) is 12.1 Å². The summed E-state index contributed by atoms with van der Waals surface area (Å²) in [5.74, 6) is 0.774. The van der Waals surface area contributed by atoms with Gasteiger partial charge in [0, 0.05) is 5.69 Å². The second-order valence-corrected chi connectivity index (χ2v) is 4.38. The average Bonchev–Trinajstić information content (AvgIpc) is 2.53. The first-order valence-electron chi connectivity index (χ1n) is 6.37. The highest BCUT2D eigenvalue weighted by atomic mass is 16.5. The molecule has 0 unspecified atom stereocenters. The molecule has 0 fully saturated rings. The number of ether oxygens (including phenoxy) is 3. The van der Waals surface area contributed by atoms with E-state index in [1.165, 1.54) is 7.11 Å². The minimum Gasteiger partial charge on any atom is -0.497 e. The standard InChI is InChI=1S/C16H17NO4/c1-19-12-5-3-4-11(8-12)10-21-16(18)14-9-13(20-2)6-7-15(14)17/h3-9H,10,17H2,1-2H3. The summed E-state index contributed by atoms with van der Waals surface area (Å²) >= 11 is 0. The van der Waals surface area contributed by atoms with Crippen molar-refractivity contribution >= 4 is 11.7 Å². The molecule has 0 aliphatic heterocycles. The van der Waals surface area contributed by atoms with Crippen molar-refractivity contribution in [2.24, 2.45) is 0 Å². The van der Waals surface area contributed by atoms with Crippen molar-refractivity contribution in [2.45, 2.75) is 6.61 Å². The maximum absolute atomic E-state index is 12.1. The fourth-order valence-electron chi connectivity index (χ4n) is 1.83. The Kier molecular flexibility index (Phi) is 4.66. The molecule has 5 nitrogen and oxygen atoms in total. The summed E-state index contributed by atoms with van der Waals surface area (Å²) in [4.78, 5) is 12.1. The van der Waals surface area contributed by atoms with Crippen LogP contribution in [0.1, 0.15) is 15.9 Å². The number of hydrogen-bond acceptors (Lipinski definition) is 5. The highest BCUT2D eigenvalue weighted by Crippen LogP contribution is 2.21. The zero-order chi connectivity index (χ0) is 15.2. The van der Waals surface area contributed by atoms with Gasteiger partial charge in [-0.15, -0.1) is 0 Å². The lowest BCUT2D eigenvalue weighted by atomic mass is 10.1. The molecule has 5 heteroatoms. The maximum Gasteiger partial charge on any atom is 0.340 e. The number of nitrogen functional groups attached to an aromatic ring is 1. The summed E-state index contributed by atoms with van der Waals surface area (Å²) in [5, 5.41) is 0. The monoisotopic (exact) mass is 287 g/mol. The van der Waals surface area contributed by atoms with E-state index in [2.05, 4.69) is 0 Å². The predicted octanol–water partition coefficient (Wildman–Crippen LogP) is 2.64. The number of methoxy groups -OCH3 is 2. The van der Waals surface area contributed by atoms with E-state index in [1.807, 2.05) is 24.3 Å². The minimum atomic E-state index is -0.491. The highest BCUT2D eigenvalue weighted by Gasteiger charge is 2.13. The van der Waals surface area contributed by atoms with Crippen molar-refractivity contribution in [1.82, 2.24) is 0 Å². The Hall–Kier alpha value is -2.69. The third-order valence-electron chi connectivity index (χ3n) is 2.98. The van der Waals surface area contributed by atoms with E-state index in [0.717, 1.165) is 5.56 Å². The number of rotatable bonds is 5. The van der Waals surface area contributed by atoms with Gasteiger partial charge in [0.05, 0.1) is 19.8 Å². The molecule has 0 aliphatic carbocycles. The van der Waals surface area contributed by atoms with Crippen LogP contribution in [0.25, 0.3) is 0 Å². The number of hydrogen-bond donors (Lipinski definition) is 1. The summed E-state index contributed by atoms with van der Waals surface area (Å²) in [6, 6.07) is 12.2. The van der Waals surface area contributed by atoms with Gasteiger partial charge in [0.15, 0.2) is 0 Å². The van der Waals surface area contributed by atoms with E-state index in [4.69, 9.17) is 19.9 Å². The maximum atomic E-state index is 12.1. The second-order valence-electron chi connectivity index (χ2n) is 4.38. The Morgan fingerprint density at radius 2 is 1.76 bits per heavy atom. The van der Waals surface area contributed by atoms with Crippen LogP contribution < -0.4 is 15.2 Å². The van der Waals surface area contributed by atoms with Crippen molar-refractivity contribution in [1.29, 1.82) is 0 Å². The van der Waals surface area contributed by atoms with Gasteiger partial charge in [0.25, 0.3) is 0 Å². The summed E-state index contributed by atoms with van der Waals surface area (Å²) in [5.41, 5.74) is 7.26. The van der Waals surface area contributed by atoms with Crippen LogP contribution in [-0.4, -0.2) is 20.2 Å². The van der Waals surface area contributed by atoms with Gasteiger partial charge in [-0.3, -0.25) is 0 Å². The van der Waals surface area contributed by atoms with Crippen LogP contribution >= 0.6 is 0 Å². The average molecular weight is 287 g/mol. The first-order chi connectivity index (χ1) is 10.1. The van der Waals surface area contributed by atoms with Crippen LogP contribution in [0, 0.1) is 0 Å². The van der Waals surface area contributed by atoms with E-state index >= 15 is 0 Å². The molecule has 0 radical (unpaired) electrons. The predicted molar refractivity (Wildman–Crippen MR) is 79.5 cm³/mol. The van der Waals surface area contributed by atoms with Crippen LogP contribution in [-0.2, 0) is 11.3 Å². The molecule has 2 rings (SSSR count). The Bertz CT molecular complexity index is 640. The Labute approximate surface area is 123 Å². The smallest absolute Gasteiger partial charge is 0.340 e. The molecule has 0 atom stereocenters. The lowest BCUT2D eigenvalue weighted by Gasteiger charge is -2.09. The lowest BCUT2D eigenvalue weighted by Crippen LogP contribution is -2.08. The molecule has 0 aromatic heterocycles. The van der Waals surface area contributed by atoms with E-state index in [1.54, 1.807) is 25.3 Å². The molecule has 0 saturated carbocycles. The SMILES string of the molecule is COc1cccc(COC(=O)c2cc(OC)ccc2N)c1. The zero-order valence-corrected chi connectivity index (χ0v) is 12.0. The Morgan fingerprint density at radius 1 is 1.05 bits per heavy atom. The zero-order valence-electron chi connectivity index (χ0n) is 12.0. The largest absolute Gasteiger partial charge is 0.497 e. The van der Waals surface area contributed by atoms with Gasteiger partial charge >= 0.3 is 5.97 Å². The normalized spacial score (nSPS) is 10.0. The number of carbonyl (C=O) groups excluding carboxylic acids is 1. The number of benzene rings is 2. The van der Waals surface area contributed by atoms with Gasteiger partial charge in [0.1, 0.15) is 18.1 Å². The summed E-state index contributed by atoms with van der Waals surface area (Å²) in [6.07, 6.45) is 0. The first-order valence-corrected chi connectivity index (χ1v) is 6.37. The molecular weight excluding hydrogens is 270 g/mol. The summed E-state index contributed by atoms with van der Waals surface area (Å²) in [7, 11) is 3.11. The van der Waals surface area contributed by atoms with E-state index in [0.29, 0.717) is 17.2 Å². The Morgan fingerprint density at radius 3 is 2.48 bits per heavy atom. The van der Waals surface area contributed by atoms with Crippen LogP contribution in [0.15, 0.2) is 42.5 Å². The molecule has 0 heterocycles. The molecule has 0 amide bonds. The second kappa shape index (κ2) is 6.65. The molecule has 2 aromatic rings. The van der Waals surface area contributed by atoms with Crippen molar-refractivity contribution in [3.63, 3.8) is 0 Å². The highest BCUT2D eigenvalue weighted by molar-refractivity contribution is 5.95. The number of carbonyl (C=O) groups is 1. The number of anilines is 1. The van der Waals surface area contributed by atoms with Crippen LogP contribution in [0.2, 0.25) is 0 Å². The van der Waals surface area contributed by atoms with Crippen molar-refractivity contribution in [3.8, 4) is 11.5 Å². The summed E-state index contributed by atoms with van der Waals surface area (Å²) in [6.45, 7) is 0.146. The molecule has 0 bridgehead atoms. The summed E-state index contributed by atoms with van der Waals surface area (Å²) < 4.78 is 15.5. The van der Waals surface area contributed by atoms with Gasteiger partial charge in [-0.25, -0.2) is 4.79 Å². The van der Waals surface area contributed by atoms with Gasteiger partial charge in [0.2, 0.25) is 0 Å². The molecule has 0 spiro atoms. The Balaban J connectivity index is 2.07. The molecule has 0 saturated heterocycles. The van der Waals surface area contributed by atoms with Gasteiger partial charge in [-0.2, -0.15) is 0 Å². The van der Waals surface area contributed by atoms with Crippen molar-refractivity contribution < 1.29 is 19.0 Å². The quantitative estimate of drug-likeness (QED) is 0.676. The topological polar surface area (TPSA) is 70.8 Å². The fraction of sp³-hybridized carbons (Fsp3) is 0.188. The van der Waals surface area contributed by atoms with Gasteiger partial charge < -0.3 is 19.9 Å². The molecule has 2 N–H and O–H groups in total. The van der Waals surface area contributed by atoms with Crippen molar-refractivity contribution in [3.05, 3.63) is 53.6 Å².